The van der Waals surface area contributed by atoms with Crippen molar-refractivity contribution < 1.29 is 13.6 Å². The maximum Gasteiger partial charge on any atom is 0.295 e. The van der Waals surface area contributed by atoms with E-state index in [-0.39, 0.29) is 17.5 Å². The molecule has 1 atom stereocenters. The van der Waals surface area contributed by atoms with Gasteiger partial charge >= 0.3 is 0 Å². The lowest BCUT2D eigenvalue weighted by molar-refractivity contribution is -0.139. The standard InChI is InChI=1S/C18H38O3Si2/c1-13(2)12-23(14(3)4,15(5)6)20-17(19)16(7)11-22-21-18(8,9)10/h13-16H,11-12H2,1-10H3. The molecule has 0 bridgehead atoms. The van der Waals surface area contributed by atoms with Crippen molar-refractivity contribution in [1.29, 1.82) is 0 Å². The molecule has 0 aliphatic heterocycles. The minimum absolute atomic E-state index is 0.0234. The molecule has 2 radical (unpaired) electrons. The summed E-state index contributed by atoms with van der Waals surface area (Å²) >= 11 is 0. The molecule has 0 N–H and O–H groups in total. The van der Waals surface area contributed by atoms with Crippen LogP contribution in [0.15, 0.2) is 0 Å². The summed E-state index contributed by atoms with van der Waals surface area (Å²) in [4.78, 5) is 12.7. The SMILES string of the molecule is CC(C)C[Si](OC(=O)C(C)C[Si]OC(C)(C)C)(C(C)C)C(C)C. The average molecular weight is 359 g/mol. The Morgan fingerprint density at radius 1 is 1.00 bits per heavy atom. The predicted molar refractivity (Wildman–Crippen MR) is 102 cm³/mol. The van der Waals surface area contributed by atoms with Crippen LogP contribution in [0.4, 0.5) is 0 Å². The maximum atomic E-state index is 12.7. The summed E-state index contributed by atoms with van der Waals surface area (Å²) in [6.07, 6.45) is 0. The normalized spacial score (nSPS) is 14.7. The van der Waals surface area contributed by atoms with Crippen LogP contribution in [0.5, 0.6) is 0 Å². The largest absolute Gasteiger partial charge is 0.518 e. The van der Waals surface area contributed by atoms with Crippen LogP contribution < -0.4 is 0 Å². The molecule has 0 amide bonds. The highest BCUT2D eigenvalue weighted by Crippen LogP contribution is 2.39. The minimum Gasteiger partial charge on any atom is -0.518 e. The second kappa shape index (κ2) is 9.37. The molecule has 5 heteroatoms. The lowest BCUT2D eigenvalue weighted by Crippen LogP contribution is -2.48. The molecular formula is C18H38O3Si2. The van der Waals surface area contributed by atoms with E-state index in [1.54, 1.807) is 0 Å². The first kappa shape index (κ1) is 22.9. The van der Waals surface area contributed by atoms with Crippen molar-refractivity contribution in [3.63, 3.8) is 0 Å². The second-order valence-electron chi connectivity index (χ2n) is 8.75. The van der Waals surface area contributed by atoms with Crippen molar-refractivity contribution in [3.05, 3.63) is 0 Å². The van der Waals surface area contributed by atoms with Crippen LogP contribution in [-0.2, 0) is 13.6 Å². The molecule has 23 heavy (non-hydrogen) atoms. The molecule has 1 unspecified atom stereocenters. The smallest absolute Gasteiger partial charge is 0.295 e. The Hall–Kier alpha value is -0.136. The van der Waals surface area contributed by atoms with Gasteiger partial charge in [0.1, 0.15) is 0 Å². The van der Waals surface area contributed by atoms with Gasteiger partial charge in [-0.25, -0.2) is 0 Å². The van der Waals surface area contributed by atoms with Crippen molar-refractivity contribution in [2.75, 3.05) is 0 Å². The molecule has 0 saturated heterocycles. The average Bonchev–Trinajstić information content (AvgIpc) is 2.34. The van der Waals surface area contributed by atoms with E-state index in [0.717, 1.165) is 12.1 Å². The van der Waals surface area contributed by atoms with Crippen molar-refractivity contribution in [2.24, 2.45) is 11.8 Å². The van der Waals surface area contributed by atoms with Crippen LogP contribution in [0.1, 0.15) is 69.2 Å². The lowest BCUT2D eigenvalue weighted by Gasteiger charge is -2.40. The quantitative estimate of drug-likeness (QED) is 0.515. The zero-order chi connectivity index (χ0) is 18.4. The summed E-state index contributed by atoms with van der Waals surface area (Å²) in [7, 11) is -1.76. The molecule has 0 saturated carbocycles. The van der Waals surface area contributed by atoms with Crippen molar-refractivity contribution in [2.45, 2.75) is 98.0 Å². The molecule has 3 nitrogen and oxygen atoms in total. The molecule has 0 spiro atoms. The lowest BCUT2D eigenvalue weighted by atomic mass is 10.2. The fraction of sp³-hybridized carbons (Fsp3) is 0.944. The number of carbonyl (C=O) groups excluding carboxylic acids is 1. The van der Waals surface area contributed by atoms with Crippen LogP contribution in [-0.4, -0.2) is 29.7 Å². The number of hydrogen-bond acceptors (Lipinski definition) is 3. The Morgan fingerprint density at radius 3 is 1.83 bits per heavy atom. The first-order chi connectivity index (χ1) is 10.3. The van der Waals surface area contributed by atoms with Crippen molar-refractivity contribution in [1.82, 2.24) is 0 Å². The first-order valence-corrected chi connectivity index (χ1v) is 12.3. The number of hydrogen-bond donors (Lipinski definition) is 0. The van der Waals surface area contributed by atoms with E-state index in [1.165, 1.54) is 0 Å². The van der Waals surface area contributed by atoms with Crippen molar-refractivity contribution in [3.8, 4) is 0 Å². The van der Waals surface area contributed by atoms with Gasteiger partial charge in [-0.05, 0) is 49.9 Å². The highest BCUT2D eigenvalue weighted by atomic mass is 28.4. The fourth-order valence-corrected chi connectivity index (χ4v) is 8.42. The zero-order valence-electron chi connectivity index (χ0n) is 16.9. The molecule has 0 fully saturated rings. The van der Waals surface area contributed by atoms with Gasteiger partial charge in [0.2, 0.25) is 9.76 Å². The van der Waals surface area contributed by atoms with Gasteiger partial charge in [-0.3, -0.25) is 4.79 Å². The third-order valence-corrected chi connectivity index (χ3v) is 11.6. The molecule has 0 heterocycles. The summed E-state index contributed by atoms with van der Waals surface area (Å²) in [6, 6.07) is 1.79. The molecule has 0 aromatic carbocycles. The van der Waals surface area contributed by atoms with Gasteiger partial charge in [0.15, 0.2) is 0 Å². The Balaban J connectivity index is 4.89. The van der Waals surface area contributed by atoms with E-state index in [9.17, 15) is 4.79 Å². The van der Waals surface area contributed by atoms with Gasteiger partial charge in [-0.2, -0.15) is 0 Å². The maximum absolute atomic E-state index is 12.7. The number of carbonyl (C=O) groups is 1. The highest BCUT2D eigenvalue weighted by Gasteiger charge is 2.46. The molecule has 0 aromatic rings. The molecular weight excluding hydrogens is 320 g/mol. The van der Waals surface area contributed by atoms with Crippen LogP contribution in [0, 0.1) is 11.8 Å². The van der Waals surface area contributed by atoms with Gasteiger partial charge < -0.3 is 8.85 Å². The highest BCUT2D eigenvalue weighted by molar-refractivity contribution is 6.77. The van der Waals surface area contributed by atoms with E-state index >= 15 is 0 Å². The first-order valence-electron chi connectivity index (χ1n) is 8.95. The summed E-state index contributed by atoms with van der Waals surface area (Å²) in [5, 5.41) is 0. The van der Waals surface area contributed by atoms with Gasteiger partial charge in [0.05, 0.1) is 5.92 Å². The van der Waals surface area contributed by atoms with Gasteiger partial charge in [-0.15, -0.1) is 0 Å². The van der Waals surface area contributed by atoms with Gasteiger partial charge in [-0.1, -0.05) is 48.5 Å². The third kappa shape index (κ3) is 7.99. The summed E-state index contributed by atoms with van der Waals surface area (Å²) in [6.45, 7) is 21.4. The summed E-state index contributed by atoms with van der Waals surface area (Å²) < 4.78 is 12.0. The Kier molecular flexibility index (Phi) is 9.32. The second-order valence-corrected chi connectivity index (χ2v) is 14.5. The summed E-state index contributed by atoms with van der Waals surface area (Å²) in [5.74, 6) is 0.442. The van der Waals surface area contributed by atoms with E-state index in [1.807, 2.05) is 27.7 Å². The Morgan fingerprint density at radius 2 is 1.48 bits per heavy atom. The van der Waals surface area contributed by atoms with Gasteiger partial charge in [0, 0.05) is 5.60 Å². The monoisotopic (exact) mass is 358 g/mol. The fourth-order valence-electron chi connectivity index (χ4n) is 2.81. The number of rotatable bonds is 9. The molecule has 0 aliphatic carbocycles. The van der Waals surface area contributed by atoms with Crippen LogP contribution in [0.3, 0.4) is 0 Å². The van der Waals surface area contributed by atoms with E-state index < -0.39 is 8.32 Å². The van der Waals surface area contributed by atoms with Crippen LogP contribution in [0.25, 0.3) is 0 Å². The summed E-state index contributed by atoms with van der Waals surface area (Å²) in [5.41, 5.74) is 0.734. The zero-order valence-corrected chi connectivity index (χ0v) is 18.9. The molecule has 0 aliphatic rings. The molecule has 136 valence electrons. The van der Waals surface area contributed by atoms with E-state index in [4.69, 9.17) is 8.85 Å². The third-order valence-electron chi connectivity index (χ3n) is 4.14. The van der Waals surface area contributed by atoms with E-state index in [0.29, 0.717) is 26.8 Å². The van der Waals surface area contributed by atoms with Crippen LogP contribution in [0.2, 0.25) is 23.2 Å². The minimum atomic E-state index is -2.10. The molecule has 0 rings (SSSR count). The van der Waals surface area contributed by atoms with Gasteiger partial charge in [0.25, 0.3) is 14.3 Å². The topological polar surface area (TPSA) is 35.5 Å². The van der Waals surface area contributed by atoms with E-state index in [2.05, 4.69) is 41.5 Å². The van der Waals surface area contributed by atoms with Crippen molar-refractivity contribution >= 4 is 24.0 Å². The Bertz CT molecular complexity index is 352. The Labute approximate surface area is 148 Å². The van der Waals surface area contributed by atoms with Crippen LogP contribution >= 0.6 is 0 Å². The predicted octanol–water partition coefficient (Wildman–Crippen LogP) is 5.44. The molecule has 0 aromatic heterocycles.